The van der Waals surface area contributed by atoms with Crippen LogP contribution >= 0.6 is 0 Å². The first kappa shape index (κ1) is 14.8. The van der Waals surface area contributed by atoms with Gasteiger partial charge in [0.05, 0.1) is 5.69 Å². The maximum atomic E-state index is 12.1. The van der Waals surface area contributed by atoms with E-state index in [1.54, 1.807) is 32.9 Å². The topological polar surface area (TPSA) is 84.2 Å². The van der Waals surface area contributed by atoms with Crippen molar-refractivity contribution >= 4 is 17.7 Å². The lowest BCUT2D eigenvalue weighted by atomic mass is 9.96. The van der Waals surface area contributed by atoms with Gasteiger partial charge in [-0.05, 0) is 12.1 Å². The van der Waals surface area contributed by atoms with Gasteiger partial charge >= 0.3 is 5.97 Å². The molecule has 1 amide bonds. The maximum Gasteiger partial charge on any atom is 0.356 e. The number of carboxylic acid groups (broad SMARTS) is 1. The molecule has 1 aromatic heterocycles. The second-order valence-electron chi connectivity index (χ2n) is 5.67. The number of carbonyl (C=O) groups excluding carboxylic acids is 1. The lowest BCUT2D eigenvalue weighted by Crippen LogP contribution is -2.28. The highest BCUT2D eigenvalue weighted by Gasteiger charge is 2.24. The zero-order valence-corrected chi connectivity index (χ0v) is 12.1. The SMILES string of the molecule is CC(C)(C)C(=O)Nc1cc(C(=O)O)nn1-c1ccccc1. The smallest absolute Gasteiger partial charge is 0.356 e. The van der Waals surface area contributed by atoms with Crippen molar-refractivity contribution in [2.24, 2.45) is 5.41 Å². The van der Waals surface area contributed by atoms with E-state index in [0.717, 1.165) is 0 Å². The van der Waals surface area contributed by atoms with Gasteiger partial charge in [-0.15, -0.1) is 0 Å². The van der Waals surface area contributed by atoms with Gasteiger partial charge in [0.25, 0.3) is 0 Å². The fourth-order valence-electron chi connectivity index (χ4n) is 1.64. The molecule has 0 spiro atoms. The number of benzene rings is 1. The molecule has 0 aliphatic rings. The standard InChI is InChI=1S/C15H17N3O3/c1-15(2,3)14(21)16-12-9-11(13(19)20)17-18(12)10-7-5-4-6-8-10/h4-9H,1-3H3,(H,16,21)(H,19,20). The van der Waals surface area contributed by atoms with Gasteiger partial charge in [0.1, 0.15) is 5.82 Å². The van der Waals surface area contributed by atoms with Crippen LogP contribution in [0.2, 0.25) is 0 Å². The van der Waals surface area contributed by atoms with E-state index < -0.39 is 11.4 Å². The first-order chi connectivity index (χ1) is 9.79. The first-order valence-electron chi connectivity index (χ1n) is 6.49. The average molecular weight is 287 g/mol. The van der Waals surface area contributed by atoms with Crippen LogP contribution in [0, 0.1) is 5.41 Å². The molecule has 6 heteroatoms. The van der Waals surface area contributed by atoms with Gasteiger partial charge in [-0.25, -0.2) is 9.48 Å². The van der Waals surface area contributed by atoms with Crippen LogP contribution in [-0.4, -0.2) is 26.8 Å². The summed E-state index contributed by atoms with van der Waals surface area (Å²) in [5.41, 5.74) is -0.0351. The Hall–Kier alpha value is -2.63. The highest BCUT2D eigenvalue weighted by molar-refractivity contribution is 5.95. The van der Waals surface area contributed by atoms with Crippen LogP contribution in [0.25, 0.3) is 5.69 Å². The Morgan fingerprint density at radius 3 is 2.33 bits per heavy atom. The molecule has 0 atom stereocenters. The minimum Gasteiger partial charge on any atom is -0.476 e. The minimum atomic E-state index is -1.14. The van der Waals surface area contributed by atoms with E-state index in [9.17, 15) is 9.59 Å². The zero-order valence-electron chi connectivity index (χ0n) is 12.1. The maximum absolute atomic E-state index is 12.1. The molecular weight excluding hydrogens is 270 g/mol. The summed E-state index contributed by atoms with van der Waals surface area (Å²) < 4.78 is 1.41. The molecule has 21 heavy (non-hydrogen) atoms. The van der Waals surface area contributed by atoms with Gasteiger partial charge in [0.15, 0.2) is 5.69 Å². The summed E-state index contributed by atoms with van der Waals surface area (Å²) in [6.45, 7) is 5.34. The van der Waals surface area contributed by atoms with Crippen LogP contribution in [0.1, 0.15) is 31.3 Å². The molecule has 0 fully saturated rings. The third-order valence-electron chi connectivity index (χ3n) is 2.85. The molecule has 0 saturated heterocycles. The van der Waals surface area contributed by atoms with E-state index in [0.29, 0.717) is 11.5 Å². The van der Waals surface area contributed by atoms with Gasteiger partial charge in [0, 0.05) is 11.5 Å². The monoisotopic (exact) mass is 287 g/mol. The molecule has 0 bridgehead atoms. The number of carboxylic acids is 1. The van der Waals surface area contributed by atoms with Crippen LogP contribution < -0.4 is 5.32 Å². The van der Waals surface area contributed by atoms with E-state index in [-0.39, 0.29) is 11.6 Å². The summed E-state index contributed by atoms with van der Waals surface area (Å²) >= 11 is 0. The molecule has 6 nitrogen and oxygen atoms in total. The highest BCUT2D eigenvalue weighted by atomic mass is 16.4. The predicted octanol–water partition coefficient (Wildman–Crippen LogP) is 2.56. The fraction of sp³-hybridized carbons (Fsp3) is 0.267. The van der Waals surface area contributed by atoms with Gasteiger partial charge < -0.3 is 10.4 Å². The Labute approximate surface area is 122 Å². The zero-order chi connectivity index (χ0) is 15.6. The number of aromatic nitrogens is 2. The summed E-state index contributed by atoms with van der Waals surface area (Å²) in [6.07, 6.45) is 0. The Morgan fingerprint density at radius 2 is 1.81 bits per heavy atom. The number of hydrogen-bond acceptors (Lipinski definition) is 3. The number of aromatic carboxylic acids is 1. The molecule has 1 aromatic carbocycles. The number of nitrogens with zero attached hydrogens (tertiary/aromatic N) is 2. The Kier molecular flexibility index (Phi) is 3.80. The van der Waals surface area contributed by atoms with Crippen LogP contribution in [0.5, 0.6) is 0 Å². The number of amides is 1. The Bertz CT molecular complexity index is 669. The van der Waals surface area contributed by atoms with Crippen LogP contribution in [-0.2, 0) is 4.79 Å². The number of hydrogen-bond donors (Lipinski definition) is 2. The van der Waals surface area contributed by atoms with Crippen molar-refractivity contribution in [3.63, 3.8) is 0 Å². The predicted molar refractivity (Wildman–Crippen MR) is 78.6 cm³/mol. The second kappa shape index (κ2) is 5.40. The van der Waals surface area contributed by atoms with Crippen LogP contribution in [0.4, 0.5) is 5.82 Å². The minimum absolute atomic E-state index is 0.122. The summed E-state index contributed by atoms with van der Waals surface area (Å²) in [5.74, 6) is -1.02. The number of rotatable bonds is 3. The summed E-state index contributed by atoms with van der Waals surface area (Å²) in [6, 6.07) is 10.4. The van der Waals surface area contributed by atoms with Crippen molar-refractivity contribution in [1.29, 1.82) is 0 Å². The molecule has 0 aliphatic heterocycles. The van der Waals surface area contributed by atoms with Crippen molar-refractivity contribution in [2.45, 2.75) is 20.8 Å². The van der Waals surface area contributed by atoms with Crippen molar-refractivity contribution in [3.8, 4) is 5.69 Å². The van der Waals surface area contributed by atoms with E-state index in [1.807, 2.05) is 18.2 Å². The molecule has 110 valence electrons. The number of carbonyl (C=O) groups is 2. The van der Waals surface area contributed by atoms with E-state index in [1.165, 1.54) is 10.7 Å². The summed E-state index contributed by atoms with van der Waals surface area (Å²) in [5, 5.41) is 15.8. The normalized spacial score (nSPS) is 11.2. The number of anilines is 1. The van der Waals surface area contributed by atoms with Crippen molar-refractivity contribution in [2.75, 3.05) is 5.32 Å². The Balaban J connectivity index is 2.44. The molecule has 2 N–H and O–H groups in total. The van der Waals surface area contributed by atoms with Gasteiger partial charge in [0.2, 0.25) is 5.91 Å². The molecule has 0 radical (unpaired) electrons. The van der Waals surface area contributed by atoms with Crippen molar-refractivity contribution in [3.05, 3.63) is 42.1 Å². The molecule has 0 aliphatic carbocycles. The van der Waals surface area contributed by atoms with Crippen LogP contribution in [0.3, 0.4) is 0 Å². The van der Waals surface area contributed by atoms with Crippen molar-refractivity contribution < 1.29 is 14.7 Å². The molecule has 2 aromatic rings. The number of nitrogens with one attached hydrogen (secondary N) is 1. The number of para-hydroxylation sites is 1. The molecule has 1 heterocycles. The summed E-state index contributed by atoms with van der Waals surface area (Å²) in [7, 11) is 0. The highest BCUT2D eigenvalue weighted by Crippen LogP contribution is 2.21. The lowest BCUT2D eigenvalue weighted by Gasteiger charge is -2.18. The van der Waals surface area contributed by atoms with Gasteiger partial charge in [-0.1, -0.05) is 39.0 Å². The fourth-order valence-corrected chi connectivity index (χ4v) is 1.64. The van der Waals surface area contributed by atoms with Gasteiger partial charge in [-0.3, -0.25) is 4.79 Å². The molecule has 2 rings (SSSR count). The summed E-state index contributed by atoms with van der Waals surface area (Å²) in [4.78, 5) is 23.2. The third kappa shape index (κ3) is 3.28. The largest absolute Gasteiger partial charge is 0.476 e. The van der Waals surface area contributed by atoms with E-state index >= 15 is 0 Å². The quantitative estimate of drug-likeness (QED) is 0.908. The van der Waals surface area contributed by atoms with Crippen LogP contribution in [0.15, 0.2) is 36.4 Å². The molecular formula is C15H17N3O3. The molecule has 0 unspecified atom stereocenters. The van der Waals surface area contributed by atoms with Gasteiger partial charge in [-0.2, -0.15) is 5.10 Å². The second-order valence-corrected chi connectivity index (χ2v) is 5.67. The third-order valence-corrected chi connectivity index (χ3v) is 2.85. The molecule has 0 saturated carbocycles. The lowest BCUT2D eigenvalue weighted by molar-refractivity contribution is -0.123. The van der Waals surface area contributed by atoms with Crippen molar-refractivity contribution in [1.82, 2.24) is 9.78 Å². The van der Waals surface area contributed by atoms with E-state index in [4.69, 9.17) is 5.11 Å². The average Bonchev–Trinajstić information content (AvgIpc) is 2.83. The first-order valence-corrected chi connectivity index (χ1v) is 6.49. The Morgan fingerprint density at radius 1 is 1.19 bits per heavy atom. The van der Waals surface area contributed by atoms with E-state index in [2.05, 4.69) is 10.4 Å².